The summed E-state index contributed by atoms with van der Waals surface area (Å²) in [7, 11) is 4.15. The minimum atomic E-state index is 0.447. The van der Waals surface area contributed by atoms with E-state index in [4.69, 9.17) is 0 Å². The molecule has 4 heteroatoms. The number of benzene rings is 1. The first-order valence-electron chi connectivity index (χ1n) is 6.85. The van der Waals surface area contributed by atoms with E-state index < -0.39 is 0 Å². The van der Waals surface area contributed by atoms with Crippen molar-refractivity contribution in [2.45, 2.75) is 25.9 Å². The van der Waals surface area contributed by atoms with E-state index in [9.17, 15) is 0 Å². The van der Waals surface area contributed by atoms with Crippen molar-refractivity contribution < 1.29 is 0 Å². The molecule has 1 unspecified atom stereocenters. The zero-order chi connectivity index (χ0) is 14.5. The average Bonchev–Trinajstić information content (AvgIpc) is 2.86. The summed E-state index contributed by atoms with van der Waals surface area (Å²) in [6, 6.07) is 11.5. The first-order chi connectivity index (χ1) is 9.63. The van der Waals surface area contributed by atoms with Crippen LogP contribution in [0.5, 0.6) is 0 Å². The van der Waals surface area contributed by atoms with Crippen LogP contribution in [0.4, 0.5) is 5.69 Å². The van der Waals surface area contributed by atoms with Gasteiger partial charge < -0.3 is 10.2 Å². The molecule has 20 heavy (non-hydrogen) atoms. The highest BCUT2D eigenvalue weighted by atomic mass is 79.9. The minimum absolute atomic E-state index is 0.447. The van der Waals surface area contributed by atoms with Gasteiger partial charge >= 0.3 is 0 Å². The summed E-state index contributed by atoms with van der Waals surface area (Å²) in [5.74, 6) is 0. The lowest BCUT2D eigenvalue weighted by atomic mass is 10.0. The molecular formula is C16H21BrN2S. The summed E-state index contributed by atoms with van der Waals surface area (Å²) < 4.78 is 1.17. The van der Waals surface area contributed by atoms with Gasteiger partial charge in [0.2, 0.25) is 0 Å². The predicted octanol–water partition coefficient (Wildman–Crippen LogP) is 4.82. The monoisotopic (exact) mass is 352 g/mol. The zero-order valence-corrected chi connectivity index (χ0v) is 14.6. The van der Waals surface area contributed by atoms with E-state index in [2.05, 4.69) is 75.8 Å². The Morgan fingerprint density at radius 2 is 2.00 bits per heavy atom. The molecule has 0 aliphatic heterocycles. The molecule has 2 nitrogen and oxygen atoms in total. The molecule has 0 spiro atoms. The lowest BCUT2D eigenvalue weighted by Crippen LogP contribution is -2.17. The standard InChI is InChI=1S/C16H21BrN2S/c1-4-16(18-2)12-5-7-14(8-6-12)19(3)10-15-9-13(17)11-20-15/h5-9,11,16,18H,4,10H2,1-3H3. The van der Waals surface area contributed by atoms with Crippen LogP contribution in [0.15, 0.2) is 40.2 Å². The van der Waals surface area contributed by atoms with Crippen LogP contribution in [0, 0.1) is 0 Å². The molecule has 1 aromatic heterocycles. The van der Waals surface area contributed by atoms with E-state index >= 15 is 0 Å². The highest BCUT2D eigenvalue weighted by Gasteiger charge is 2.08. The van der Waals surface area contributed by atoms with Gasteiger partial charge in [0.25, 0.3) is 0 Å². The Morgan fingerprint density at radius 1 is 1.30 bits per heavy atom. The van der Waals surface area contributed by atoms with Crippen LogP contribution in [0.25, 0.3) is 0 Å². The van der Waals surface area contributed by atoms with Crippen molar-refractivity contribution in [3.63, 3.8) is 0 Å². The quantitative estimate of drug-likeness (QED) is 0.801. The number of nitrogens with zero attached hydrogens (tertiary/aromatic N) is 1. The van der Waals surface area contributed by atoms with E-state index in [1.54, 1.807) is 11.3 Å². The first-order valence-corrected chi connectivity index (χ1v) is 8.52. The molecule has 1 aromatic carbocycles. The van der Waals surface area contributed by atoms with Crippen LogP contribution in [0.3, 0.4) is 0 Å². The van der Waals surface area contributed by atoms with Gasteiger partial charge in [0.05, 0.1) is 6.54 Å². The second-order valence-corrected chi connectivity index (χ2v) is 6.84. The number of hydrogen-bond donors (Lipinski definition) is 1. The van der Waals surface area contributed by atoms with Crippen molar-refractivity contribution in [3.05, 3.63) is 50.6 Å². The molecule has 0 aliphatic carbocycles. The number of rotatable bonds is 6. The molecule has 1 heterocycles. The molecule has 0 bridgehead atoms. The van der Waals surface area contributed by atoms with Crippen molar-refractivity contribution in [1.29, 1.82) is 0 Å². The van der Waals surface area contributed by atoms with E-state index in [0.717, 1.165) is 13.0 Å². The maximum absolute atomic E-state index is 3.50. The Bertz CT molecular complexity index is 532. The molecule has 108 valence electrons. The van der Waals surface area contributed by atoms with E-state index in [0.29, 0.717) is 6.04 Å². The van der Waals surface area contributed by atoms with E-state index in [1.807, 2.05) is 7.05 Å². The summed E-state index contributed by atoms with van der Waals surface area (Å²) >= 11 is 5.29. The van der Waals surface area contributed by atoms with Crippen molar-refractivity contribution >= 4 is 33.0 Å². The molecular weight excluding hydrogens is 332 g/mol. The third-order valence-electron chi connectivity index (χ3n) is 3.51. The summed E-state index contributed by atoms with van der Waals surface area (Å²) in [5, 5.41) is 5.47. The Kier molecular flexibility index (Phi) is 5.64. The molecule has 2 aromatic rings. The lowest BCUT2D eigenvalue weighted by Gasteiger charge is -2.20. The lowest BCUT2D eigenvalue weighted by molar-refractivity contribution is 0.577. The van der Waals surface area contributed by atoms with Gasteiger partial charge in [-0.25, -0.2) is 0 Å². The number of anilines is 1. The van der Waals surface area contributed by atoms with Crippen LogP contribution < -0.4 is 10.2 Å². The molecule has 1 N–H and O–H groups in total. The van der Waals surface area contributed by atoms with Gasteiger partial charge in [0.15, 0.2) is 0 Å². The summed E-state index contributed by atoms with van der Waals surface area (Å²) in [5.41, 5.74) is 2.61. The molecule has 0 saturated carbocycles. The van der Waals surface area contributed by atoms with Crippen LogP contribution in [0.2, 0.25) is 0 Å². The molecule has 0 saturated heterocycles. The second kappa shape index (κ2) is 7.25. The fourth-order valence-corrected chi connectivity index (χ4v) is 3.83. The van der Waals surface area contributed by atoms with Crippen LogP contribution in [-0.2, 0) is 6.54 Å². The Morgan fingerprint density at radius 3 is 2.50 bits per heavy atom. The summed E-state index contributed by atoms with van der Waals surface area (Å²) in [6.07, 6.45) is 1.11. The predicted molar refractivity (Wildman–Crippen MR) is 92.7 cm³/mol. The zero-order valence-electron chi connectivity index (χ0n) is 12.2. The van der Waals surface area contributed by atoms with Gasteiger partial charge in [-0.1, -0.05) is 19.1 Å². The Hall–Kier alpha value is -0.840. The highest BCUT2D eigenvalue weighted by Crippen LogP contribution is 2.24. The first kappa shape index (κ1) is 15.5. The van der Waals surface area contributed by atoms with Crippen molar-refractivity contribution in [2.75, 3.05) is 19.0 Å². The number of nitrogens with one attached hydrogen (secondary N) is 1. The smallest absolute Gasteiger partial charge is 0.0519 e. The van der Waals surface area contributed by atoms with Crippen LogP contribution >= 0.6 is 27.3 Å². The fourth-order valence-electron chi connectivity index (χ4n) is 2.33. The molecule has 1 atom stereocenters. The molecule has 0 fully saturated rings. The number of hydrogen-bond acceptors (Lipinski definition) is 3. The Balaban J connectivity index is 2.05. The second-order valence-electron chi connectivity index (χ2n) is 4.93. The van der Waals surface area contributed by atoms with Gasteiger partial charge in [0, 0.05) is 33.5 Å². The highest BCUT2D eigenvalue weighted by molar-refractivity contribution is 9.10. The fraction of sp³-hybridized carbons (Fsp3) is 0.375. The van der Waals surface area contributed by atoms with Crippen LogP contribution in [-0.4, -0.2) is 14.1 Å². The molecule has 0 amide bonds. The van der Waals surface area contributed by atoms with E-state index in [1.165, 1.54) is 20.6 Å². The maximum atomic E-state index is 3.50. The number of halogens is 1. The molecule has 0 radical (unpaired) electrons. The molecule has 0 aliphatic rings. The van der Waals surface area contributed by atoms with Crippen molar-refractivity contribution in [2.24, 2.45) is 0 Å². The van der Waals surface area contributed by atoms with Gasteiger partial charge in [-0.3, -0.25) is 0 Å². The van der Waals surface area contributed by atoms with E-state index in [-0.39, 0.29) is 0 Å². The summed E-state index contributed by atoms with van der Waals surface area (Å²) in [6.45, 7) is 3.15. The summed E-state index contributed by atoms with van der Waals surface area (Å²) in [4.78, 5) is 3.65. The van der Waals surface area contributed by atoms with Crippen molar-refractivity contribution in [1.82, 2.24) is 5.32 Å². The van der Waals surface area contributed by atoms with Gasteiger partial charge in [0.1, 0.15) is 0 Å². The topological polar surface area (TPSA) is 15.3 Å². The maximum Gasteiger partial charge on any atom is 0.0519 e. The number of thiophene rings is 1. The van der Waals surface area contributed by atoms with Gasteiger partial charge in [-0.15, -0.1) is 11.3 Å². The third-order valence-corrected chi connectivity index (χ3v) is 5.19. The van der Waals surface area contributed by atoms with Crippen LogP contribution in [0.1, 0.15) is 29.8 Å². The SMILES string of the molecule is CCC(NC)c1ccc(N(C)Cc2cc(Br)cs2)cc1. The van der Waals surface area contributed by atoms with Gasteiger partial charge in [-0.2, -0.15) is 0 Å². The van der Waals surface area contributed by atoms with Gasteiger partial charge in [-0.05, 0) is 53.2 Å². The minimum Gasteiger partial charge on any atom is -0.369 e. The average molecular weight is 353 g/mol. The molecule has 2 rings (SSSR count). The largest absolute Gasteiger partial charge is 0.369 e. The third kappa shape index (κ3) is 3.84. The normalized spacial score (nSPS) is 12.4. The van der Waals surface area contributed by atoms with Crippen molar-refractivity contribution in [3.8, 4) is 0 Å². The Labute approximate surface area is 133 Å².